The largest absolute Gasteiger partial charge is 0.418 e. The maximum atomic E-state index is 6.27. The summed E-state index contributed by atoms with van der Waals surface area (Å²) < 4.78 is 6.27. The summed E-state index contributed by atoms with van der Waals surface area (Å²) in [6.07, 6.45) is 9.54. The van der Waals surface area contributed by atoms with Gasteiger partial charge in [0.1, 0.15) is 0 Å². The van der Waals surface area contributed by atoms with E-state index >= 15 is 0 Å². The second kappa shape index (κ2) is 19.3. The number of hydrogen-bond acceptors (Lipinski definition) is 4. The zero-order valence-corrected chi connectivity index (χ0v) is 25.5. The van der Waals surface area contributed by atoms with E-state index in [2.05, 4.69) is 76.3 Å². The fourth-order valence-corrected chi connectivity index (χ4v) is 7.49. The molecule has 200 valence electrons. The lowest BCUT2D eigenvalue weighted by Crippen LogP contribution is -2.35. The van der Waals surface area contributed by atoms with E-state index in [1.165, 1.54) is 110 Å². The van der Waals surface area contributed by atoms with Gasteiger partial charge in [-0.15, -0.1) is 0 Å². The highest BCUT2D eigenvalue weighted by Gasteiger charge is 2.33. The Labute approximate surface area is 210 Å². The van der Waals surface area contributed by atoms with Crippen molar-refractivity contribution in [2.45, 2.75) is 113 Å². The fourth-order valence-electron chi connectivity index (χ4n) is 5.43. The second-order valence-corrected chi connectivity index (χ2v) is 14.9. The molecule has 5 heteroatoms. The normalized spacial score (nSPS) is 13.1. The molecule has 0 spiro atoms. The topological polar surface area (TPSA) is 19.0 Å². The Bertz CT molecular complexity index is 389. The van der Waals surface area contributed by atoms with E-state index in [1.807, 2.05) is 0 Å². The quantitative estimate of drug-likeness (QED) is 0.145. The predicted molar refractivity (Wildman–Crippen MR) is 152 cm³/mol. The molecule has 0 aromatic carbocycles. The third-order valence-electron chi connectivity index (χ3n) is 8.02. The Morgan fingerprint density at radius 3 is 1.15 bits per heavy atom. The SMILES string of the molecule is CCO[Si](C)(C)CCC(CCCN(CC)CC)(CCCN(CC)CC)CCCN(CC)CC. The molecule has 0 aromatic rings. The summed E-state index contributed by atoms with van der Waals surface area (Å²) in [5.74, 6) is 0. The Morgan fingerprint density at radius 2 is 0.879 bits per heavy atom. The molecule has 0 rings (SSSR count). The molecule has 0 N–H and O–H groups in total. The monoisotopic (exact) mass is 485 g/mol. The Kier molecular flexibility index (Phi) is 19.3. The predicted octanol–water partition coefficient (Wildman–Crippen LogP) is 6.97. The molecule has 0 aromatic heterocycles. The van der Waals surface area contributed by atoms with Crippen molar-refractivity contribution in [3.8, 4) is 0 Å². The first-order chi connectivity index (χ1) is 15.7. The molecule has 0 saturated heterocycles. The number of rotatable bonds is 23. The summed E-state index contributed by atoms with van der Waals surface area (Å²) in [5.41, 5.74) is 0.481. The van der Waals surface area contributed by atoms with Crippen LogP contribution in [0.4, 0.5) is 0 Å². The summed E-state index contributed by atoms with van der Waals surface area (Å²) in [5, 5.41) is 0. The van der Waals surface area contributed by atoms with E-state index in [-0.39, 0.29) is 0 Å². The number of hydrogen-bond donors (Lipinski definition) is 0. The van der Waals surface area contributed by atoms with Crippen LogP contribution in [0.25, 0.3) is 0 Å². The van der Waals surface area contributed by atoms with Gasteiger partial charge in [0.25, 0.3) is 0 Å². The van der Waals surface area contributed by atoms with Crippen molar-refractivity contribution in [3.63, 3.8) is 0 Å². The van der Waals surface area contributed by atoms with Gasteiger partial charge in [-0.1, -0.05) is 41.5 Å². The molecule has 4 nitrogen and oxygen atoms in total. The highest BCUT2D eigenvalue weighted by atomic mass is 28.4. The van der Waals surface area contributed by atoms with E-state index in [9.17, 15) is 0 Å². The molecular weight excluding hydrogens is 422 g/mol. The van der Waals surface area contributed by atoms with Crippen LogP contribution < -0.4 is 0 Å². The van der Waals surface area contributed by atoms with Gasteiger partial charge in [0.15, 0.2) is 8.32 Å². The summed E-state index contributed by atoms with van der Waals surface area (Å²) >= 11 is 0. The molecule has 0 amide bonds. The Morgan fingerprint density at radius 1 is 0.545 bits per heavy atom. The van der Waals surface area contributed by atoms with E-state index in [1.54, 1.807) is 0 Å². The van der Waals surface area contributed by atoms with Crippen LogP contribution in [-0.4, -0.2) is 88.5 Å². The van der Waals surface area contributed by atoms with E-state index in [0.29, 0.717) is 5.41 Å². The molecule has 0 aliphatic rings. The molecule has 0 aliphatic heterocycles. The minimum absolute atomic E-state index is 0.481. The summed E-state index contributed by atoms with van der Waals surface area (Å²) in [6.45, 7) is 32.6. The lowest BCUT2D eigenvalue weighted by molar-refractivity contribution is 0.155. The van der Waals surface area contributed by atoms with E-state index in [4.69, 9.17) is 4.43 Å². The third-order valence-corrected chi connectivity index (χ3v) is 10.5. The van der Waals surface area contributed by atoms with Gasteiger partial charge in [-0.25, -0.2) is 0 Å². The smallest absolute Gasteiger partial charge is 0.186 e. The maximum absolute atomic E-state index is 6.27. The van der Waals surface area contributed by atoms with Crippen molar-refractivity contribution < 1.29 is 4.43 Å². The van der Waals surface area contributed by atoms with Gasteiger partial charge < -0.3 is 19.1 Å². The van der Waals surface area contributed by atoms with Crippen molar-refractivity contribution in [1.29, 1.82) is 0 Å². The molecule has 0 fully saturated rings. The van der Waals surface area contributed by atoms with Gasteiger partial charge >= 0.3 is 0 Å². The first-order valence-electron chi connectivity index (χ1n) is 14.6. The van der Waals surface area contributed by atoms with Crippen LogP contribution in [-0.2, 0) is 4.43 Å². The van der Waals surface area contributed by atoms with Gasteiger partial charge in [-0.2, -0.15) is 0 Å². The molecule has 0 radical (unpaired) electrons. The summed E-state index contributed by atoms with van der Waals surface area (Å²) in [4.78, 5) is 7.82. The standard InChI is InChI=1S/C28H63N3OSi/c1-10-29(11-2)24-17-20-28(21-18-25-30(12-3)13-4,22-19-26-31(14-5)15-6)23-27-33(8,9)32-16-7/h10-27H2,1-9H3. The second-order valence-electron chi connectivity index (χ2n) is 10.6. The molecule has 0 unspecified atom stereocenters. The zero-order chi connectivity index (χ0) is 25.2. The van der Waals surface area contributed by atoms with Crippen LogP contribution in [0, 0.1) is 5.41 Å². The number of nitrogens with zero attached hydrogens (tertiary/aromatic N) is 3. The van der Waals surface area contributed by atoms with Gasteiger partial charge in [-0.3, -0.25) is 0 Å². The molecule has 33 heavy (non-hydrogen) atoms. The lowest BCUT2D eigenvalue weighted by Gasteiger charge is -2.38. The van der Waals surface area contributed by atoms with Crippen LogP contribution >= 0.6 is 0 Å². The minimum atomic E-state index is -1.57. The van der Waals surface area contributed by atoms with Gasteiger partial charge in [0.2, 0.25) is 0 Å². The molecular formula is C28H63N3OSi. The van der Waals surface area contributed by atoms with Crippen LogP contribution in [0.2, 0.25) is 19.1 Å². The van der Waals surface area contributed by atoms with Crippen LogP contribution in [0.1, 0.15) is 93.4 Å². The highest BCUT2D eigenvalue weighted by molar-refractivity contribution is 6.71. The van der Waals surface area contributed by atoms with Gasteiger partial charge in [0, 0.05) is 6.61 Å². The molecule has 0 heterocycles. The first-order valence-corrected chi connectivity index (χ1v) is 17.7. The summed E-state index contributed by atoms with van der Waals surface area (Å²) in [6, 6.07) is 1.31. The van der Waals surface area contributed by atoms with E-state index < -0.39 is 8.32 Å². The van der Waals surface area contributed by atoms with Crippen molar-refractivity contribution in [3.05, 3.63) is 0 Å². The van der Waals surface area contributed by atoms with Gasteiger partial charge in [0.05, 0.1) is 0 Å². The third kappa shape index (κ3) is 14.9. The van der Waals surface area contributed by atoms with Crippen LogP contribution in [0.15, 0.2) is 0 Å². The fraction of sp³-hybridized carbons (Fsp3) is 1.00. The van der Waals surface area contributed by atoms with Gasteiger partial charge in [-0.05, 0) is 135 Å². The Balaban J connectivity index is 5.46. The maximum Gasteiger partial charge on any atom is 0.186 e. The minimum Gasteiger partial charge on any atom is -0.418 e. The molecule has 0 bridgehead atoms. The lowest BCUT2D eigenvalue weighted by atomic mass is 9.73. The molecule has 0 aliphatic carbocycles. The average molecular weight is 486 g/mol. The molecule has 0 atom stereocenters. The van der Waals surface area contributed by atoms with Crippen molar-refractivity contribution in [2.24, 2.45) is 5.41 Å². The van der Waals surface area contributed by atoms with Crippen LogP contribution in [0.3, 0.4) is 0 Å². The Hall–Kier alpha value is 0.0569. The zero-order valence-electron chi connectivity index (χ0n) is 24.5. The highest BCUT2D eigenvalue weighted by Crippen LogP contribution is 2.42. The summed E-state index contributed by atoms with van der Waals surface area (Å²) in [7, 11) is -1.57. The van der Waals surface area contributed by atoms with Crippen LogP contribution in [0.5, 0.6) is 0 Å². The van der Waals surface area contributed by atoms with Crippen molar-refractivity contribution in [1.82, 2.24) is 14.7 Å². The average Bonchev–Trinajstić information content (AvgIpc) is 2.81. The van der Waals surface area contributed by atoms with Crippen molar-refractivity contribution in [2.75, 3.05) is 65.5 Å². The van der Waals surface area contributed by atoms with E-state index in [0.717, 1.165) is 6.61 Å². The molecule has 0 saturated carbocycles. The van der Waals surface area contributed by atoms with Crippen molar-refractivity contribution >= 4 is 8.32 Å². The first kappa shape index (κ1) is 33.1.